The Balaban J connectivity index is 2.30. The van der Waals surface area contributed by atoms with E-state index in [1.807, 2.05) is 12.1 Å². The quantitative estimate of drug-likeness (QED) is 0.731. The molecule has 0 aliphatic heterocycles. The lowest BCUT2D eigenvalue weighted by Crippen LogP contribution is -1.87. The fourth-order valence-corrected chi connectivity index (χ4v) is 1.84. The van der Waals surface area contributed by atoms with Crippen LogP contribution in [0.25, 0.3) is 11.1 Å². The van der Waals surface area contributed by atoms with Gasteiger partial charge >= 0.3 is 0 Å². The lowest BCUT2D eigenvalue weighted by atomic mass is 10.0. The maximum Gasteiger partial charge on any atom is 0.132 e. The van der Waals surface area contributed by atoms with Gasteiger partial charge in [-0.3, -0.25) is 0 Å². The number of rotatable bonds is 2. The van der Waals surface area contributed by atoms with Crippen LogP contribution >= 0.6 is 0 Å². The summed E-state index contributed by atoms with van der Waals surface area (Å²) >= 11 is 0. The minimum absolute atomic E-state index is 0.294. The van der Waals surface area contributed by atoms with Crippen LogP contribution in [0.1, 0.15) is 30.9 Å². The Bertz CT molecular complexity index is 697. The summed E-state index contributed by atoms with van der Waals surface area (Å²) in [4.78, 5) is 0. The first-order valence-corrected chi connectivity index (χ1v) is 6.53. The number of hydrogen-bond donors (Lipinski definition) is 0. The average molecular weight is 263 g/mol. The summed E-state index contributed by atoms with van der Waals surface area (Å²) in [6.07, 6.45) is 1.82. The van der Waals surface area contributed by atoms with E-state index < -0.39 is 0 Å². The Morgan fingerprint density at radius 1 is 1.05 bits per heavy atom. The van der Waals surface area contributed by atoms with Gasteiger partial charge in [0.15, 0.2) is 0 Å². The van der Waals surface area contributed by atoms with Crippen molar-refractivity contribution in [1.29, 1.82) is 5.26 Å². The van der Waals surface area contributed by atoms with Crippen LogP contribution in [-0.2, 0) is 0 Å². The highest BCUT2D eigenvalue weighted by Gasteiger charge is 2.05. The Morgan fingerprint density at radius 2 is 1.75 bits per heavy atom. The predicted octanol–water partition coefficient (Wildman–Crippen LogP) is 4.52. The van der Waals surface area contributed by atoms with E-state index in [1.165, 1.54) is 6.07 Å². The summed E-state index contributed by atoms with van der Waals surface area (Å²) in [5.41, 5.74) is 2.54. The highest BCUT2D eigenvalue weighted by atomic mass is 19.1. The van der Waals surface area contributed by atoms with Gasteiger partial charge in [-0.15, -0.1) is 0 Å². The summed E-state index contributed by atoms with van der Waals surface area (Å²) < 4.78 is 14.1. The number of hydrogen-bond acceptors (Lipinski definition) is 1. The molecule has 2 heteroatoms. The third-order valence-electron chi connectivity index (χ3n) is 2.90. The standard InChI is InChI=1S/C18H14FN/c1-2-3-4-5-14-8-11-17(18(19)12-14)16-9-6-15(13-20)7-10-16/h6-12H,2-3H2,1H3. The van der Waals surface area contributed by atoms with Gasteiger partial charge < -0.3 is 0 Å². The molecule has 0 aliphatic rings. The third kappa shape index (κ3) is 3.25. The maximum atomic E-state index is 14.1. The molecule has 0 saturated heterocycles. The summed E-state index contributed by atoms with van der Waals surface area (Å²) in [5.74, 6) is 5.66. The van der Waals surface area contributed by atoms with Gasteiger partial charge in [0.2, 0.25) is 0 Å². The minimum atomic E-state index is -0.294. The van der Waals surface area contributed by atoms with Crippen molar-refractivity contribution in [3.63, 3.8) is 0 Å². The van der Waals surface area contributed by atoms with Crippen LogP contribution in [0.4, 0.5) is 4.39 Å². The van der Waals surface area contributed by atoms with Crippen LogP contribution in [0.3, 0.4) is 0 Å². The molecule has 0 N–H and O–H groups in total. The van der Waals surface area contributed by atoms with Gasteiger partial charge in [-0.2, -0.15) is 5.26 Å². The monoisotopic (exact) mass is 263 g/mol. The van der Waals surface area contributed by atoms with Crippen LogP contribution < -0.4 is 0 Å². The largest absolute Gasteiger partial charge is 0.206 e. The second-order valence-corrected chi connectivity index (χ2v) is 4.44. The topological polar surface area (TPSA) is 23.8 Å². The van der Waals surface area contributed by atoms with Crippen molar-refractivity contribution < 1.29 is 4.39 Å². The van der Waals surface area contributed by atoms with Crippen molar-refractivity contribution >= 4 is 0 Å². The number of nitrogens with zero attached hydrogens (tertiary/aromatic N) is 1. The van der Waals surface area contributed by atoms with Crippen LogP contribution in [0, 0.1) is 29.0 Å². The molecule has 2 aromatic carbocycles. The molecule has 0 atom stereocenters. The summed E-state index contributed by atoms with van der Waals surface area (Å²) in [5, 5.41) is 8.75. The number of nitriles is 1. The SMILES string of the molecule is CCCC#Cc1ccc(-c2ccc(C#N)cc2)c(F)c1. The molecule has 1 nitrogen and oxygen atoms in total. The van der Waals surface area contributed by atoms with E-state index in [2.05, 4.69) is 18.8 Å². The number of unbranched alkanes of at least 4 members (excludes halogenated alkanes) is 1. The molecule has 0 heterocycles. The summed E-state index contributed by atoms with van der Waals surface area (Å²) in [7, 11) is 0. The van der Waals surface area contributed by atoms with Crippen molar-refractivity contribution in [2.24, 2.45) is 0 Å². The molecule has 20 heavy (non-hydrogen) atoms. The second-order valence-electron chi connectivity index (χ2n) is 4.44. The third-order valence-corrected chi connectivity index (χ3v) is 2.90. The van der Waals surface area contributed by atoms with E-state index in [0.717, 1.165) is 18.4 Å². The smallest absolute Gasteiger partial charge is 0.132 e. The Kier molecular flexibility index (Phi) is 4.53. The van der Waals surface area contributed by atoms with Crippen molar-refractivity contribution in [2.75, 3.05) is 0 Å². The minimum Gasteiger partial charge on any atom is -0.206 e. The Morgan fingerprint density at radius 3 is 2.35 bits per heavy atom. The molecule has 0 spiro atoms. The van der Waals surface area contributed by atoms with Crippen molar-refractivity contribution in [1.82, 2.24) is 0 Å². The molecular formula is C18H14FN. The van der Waals surface area contributed by atoms with Crippen LogP contribution in [0.5, 0.6) is 0 Å². The van der Waals surface area contributed by atoms with Gasteiger partial charge in [0.25, 0.3) is 0 Å². The predicted molar refractivity (Wildman–Crippen MR) is 78.3 cm³/mol. The Labute approximate surface area is 118 Å². The van der Waals surface area contributed by atoms with E-state index in [9.17, 15) is 4.39 Å². The van der Waals surface area contributed by atoms with Crippen molar-refractivity contribution in [3.05, 3.63) is 59.4 Å². The molecule has 0 amide bonds. The molecule has 0 saturated carbocycles. The molecule has 98 valence electrons. The Hall–Kier alpha value is -2.58. The molecule has 0 fully saturated rings. The average Bonchev–Trinajstić information content (AvgIpc) is 2.48. The van der Waals surface area contributed by atoms with E-state index in [0.29, 0.717) is 16.7 Å². The summed E-state index contributed by atoms with van der Waals surface area (Å²) in [6.45, 7) is 2.06. The first-order valence-electron chi connectivity index (χ1n) is 6.53. The fraction of sp³-hybridized carbons (Fsp3) is 0.167. The first-order chi connectivity index (χ1) is 9.74. The number of benzene rings is 2. The van der Waals surface area contributed by atoms with Crippen LogP contribution in [0.15, 0.2) is 42.5 Å². The normalized spacial score (nSPS) is 9.45. The van der Waals surface area contributed by atoms with E-state index >= 15 is 0 Å². The fourth-order valence-electron chi connectivity index (χ4n) is 1.84. The lowest BCUT2D eigenvalue weighted by molar-refractivity contribution is 0.631. The van der Waals surface area contributed by atoms with Gasteiger partial charge in [0.1, 0.15) is 5.82 Å². The second kappa shape index (κ2) is 6.55. The molecule has 2 rings (SSSR count). The highest BCUT2D eigenvalue weighted by Crippen LogP contribution is 2.23. The van der Waals surface area contributed by atoms with Gasteiger partial charge in [0.05, 0.1) is 11.6 Å². The van der Waals surface area contributed by atoms with Gasteiger partial charge in [-0.05, 0) is 36.2 Å². The molecule has 2 aromatic rings. The zero-order chi connectivity index (χ0) is 14.4. The molecular weight excluding hydrogens is 249 g/mol. The molecule has 0 bridgehead atoms. The van der Waals surface area contributed by atoms with E-state index in [4.69, 9.17) is 5.26 Å². The van der Waals surface area contributed by atoms with Crippen molar-refractivity contribution in [3.8, 4) is 29.0 Å². The number of halogens is 1. The van der Waals surface area contributed by atoms with E-state index in [-0.39, 0.29) is 5.82 Å². The summed E-state index contributed by atoms with van der Waals surface area (Å²) in [6, 6.07) is 13.9. The zero-order valence-corrected chi connectivity index (χ0v) is 11.3. The van der Waals surface area contributed by atoms with Gasteiger partial charge in [-0.1, -0.05) is 37.0 Å². The first kappa shape index (κ1) is 13.8. The van der Waals surface area contributed by atoms with Gasteiger partial charge in [-0.25, -0.2) is 4.39 Å². The molecule has 0 aliphatic carbocycles. The van der Waals surface area contributed by atoms with Crippen molar-refractivity contribution in [2.45, 2.75) is 19.8 Å². The lowest BCUT2D eigenvalue weighted by Gasteiger charge is -2.04. The molecule has 0 aromatic heterocycles. The molecule has 0 unspecified atom stereocenters. The van der Waals surface area contributed by atoms with Crippen LogP contribution in [0.2, 0.25) is 0 Å². The van der Waals surface area contributed by atoms with Crippen LogP contribution in [-0.4, -0.2) is 0 Å². The highest BCUT2D eigenvalue weighted by molar-refractivity contribution is 5.66. The maximum absolute atomic E-state index is 14.1. The zero-order valence-electron chi connectivity index (χ0n) is 11.3. The van der Waals surface area contributed by atoms with E-state index in [1.54, 1.807) is 30.3 Å². The molecule has 0 radical (unpaired) electrons. The van der Waals surface area contributed by atoms with Gasteiger partial charge in [0, 0.05) is 17.5 Å².